The lowest BCUT2D eigenvalue weighted by Crippen LogP contribution is -2.34. The number of halogens is 3. The van der Waals surface area contributed by atoms with E-state index in [0.29, 0.717) is 11.6 Å². The van der Waals surface area contributed by atoms with E-state index < -0.39 is 11.7 Å². The van der Waals surface area contributed by atoms with Gasteiger partial charge in [0.15, 0.2) is 0 Å². The number of hydrogen-bond acceptors (Lipinski definition) is 2. The zero-order valence-electron chi connectivity index (χ0n) is 11.4. The lowest BCUT2D eigenvalue weighted by atomic mass is 9.93. The second kappa shape index (κ2) is 5.74. The number of nitrogens with zero attached hydrogens (tertiary/aromatic N) is 2. The van der Waals surface area contributed by atoms with Crippen LogP contribution in [0.4, 0.5) is 18.9 Å². The fourth-order valence-electron chi connectivity index (χ4n) is 2.66. The monoisotopic (exact) mass is 282 g/mol. The Hall–Kier alpha value is -1.70. The lowest BCUT2D eigenvalue weighted by Gasteiger charge is -2.33. The normalized spacial score (nSPS) is 17.1. The van der Waals surface area contributed by atoms with Crippen molar-refractivity contribution in [3.8, 4) is 6.07 Å². The molecule has 0 unspecified atom stereocenters. The van der Waals surface area contributed by atoms with Crippen LogP contribution in [0.25, 0.3) is 0 Å². The third-order valence-electron chi connectivity index (χ3n) is 3.98. The van der Waals surface area contributed by atoms with Crippen LogP contribution in [0.3, 0.4) is 0 Å². The Kier molecular flexibility index (Phi) is 4.22. The van der Waals surface area contributed by atoms with Crippen LogP contribution in [0, 0.1) is 17.2 Å². The predicted molar refractivity (Wildman–Crippen MR) is 71.4 cm³/mol. The molecule has 1 heterocycles. The van der Waals surface area contributed by atoms with E-state index in [1.165, 1.54) is 6.07 Å². The quantitative estimate of drug-likeness (QED) is 0.812. The molecule has 108 valence electrons. The molecule has 0 aromatic heterocycles. The maximum atomic E-state index is 12.7. The van der Waals surface area contributed by atoms with Gasteiger partial charge >= 0.3 is 6.18 Å². The molecule has 1 aliphatic heterocycles. The first-order valence-electron chi connectivity index (χ1n) is 6.82. The van der Waals surface area contributed by atoms with Gasteiger partial charge in [-0.05, 0) is 37.0 Å². The summed E-state index contributed by atoms with van der Waals surface area (Å²) < 4.78 is 38.0. The first kappa shape index (κ1) is 14.7. The molecule has 0 atom stereocenters. The van der Waals surface area contributed by atoms with Crippen molar-refractivity contribution < 1.29 is 13.2 Å². The molecule has 0 bridgehead atoms. The average Bonchev–Trinajstić information content (AvgIpc) is 2.45. The van der Waals surface area contributed by atoms with Gasteiger partial charge in [-0.15, -0.1) is 0 Å². The fraction of sp³-hybridized carbons (Fsp3) is 0.533. The minimum Gasteiger partial charge on any atom is -0.370 e. The van der Waals surface area contributed by atoms with E-state index in [0.717, 1.165) is 44.5 Å². The predicted octanol–water partition coefficient (Wildman–Crippen LogP) is 4.20. The summed E-state index contributed by atoms with van der Waals surface area (Å²) in [5.74, 6) is 0.686. The van der Waals surface area contributed by atoms with Gasteiger partial charge < -0.3 is 4.90 Å². The number of rotatable bonds is 2. The van der Waals surface area contributed by atoms with Gasteiger partial charge in [0.2, 0.25) is 0 Å². The SMILES string of the molecule is CCC1CCN(c2ccc(C(F)(F)F)cc2C#N)CC1. The van der Waals surface area contributed by atoms with Gasteiger partial charge in [-0.1, -0.05) is 13.3 Å². The van der Waals surface area contributed by atoms with Crippen molar-refractivity contribution in [2.45, 2.75) is 32.4 Å². The molecular formula is C15H17F3N2. The summed E-state index contributed by atoms with van der Waals surface area (Å²) in [4.78, 5) is 2.02. The van der Waals surface area contributed by atoms with Crippen LogP contribution in [0.1, 0.15) is 37.3 Å². The zero-order chi connectivity index (χ0) is 14.8. The van der Waals surface area contributed by atoms with Crippen molar-refractivity contribution in [1.82, 2.24) is 0 Å². The Morgan fingerprint density at radius 3 is 2.45 bits per heavy atom. The number of nitriles is 1. The van der Waals surface area contributed by atoms with Gasteiger partial charge in [0, 0.05) is 13.1 Å². The number of benzene rings is 1. The Bertz CT molecular complexity index is 509. The minimum atomic E-state index is -4.40. The van der Waals surface area contributed by atoms with Crippen LogP contribution in [0.5, 0.6) is 0 Å². The molecule has 1 aromatic rings. The summed E-state index contributed by atoms with van der Waals surface area (Å²) in [7, 11) is 0. The molecule has 0 saturated carbocycles. The van der Waals surface area contributed by atoms with Crippen molar-refractivity contribution in [2.75, 3.05) is 18.0 Å². The van der Waals surface area contributed by atoms with Crippen molar-refractivity contribution in [1.29, 1.82) is 5.26 Å². The number of hydrogen-bond donors (Lipinski definition) is 0. The highest BCUT2D eigenvalue weighted by Gasteiger charge is 2.31. The van der Waals surface area contributed by atoms with Crippen LogP contribution in [-0.4, -0.2) is 13.1 Å². The molecule has 0 aliphatic carbocycles. The maximum absolute atomic E-state index is 12.7. The highest BCUT2D eigenvalue weighted by Crippen LogP contribution is 2.34. The van der Waals surface area contributed by atoms with E-state index in [2.05, 4.69) is 6.92 Å². The summed E-state index contributed by atoms with van der Waals surface area (Å²) in [6.45, 7) is 3.76. The van der Waals surface area contributed by atoms with Crippen LogP contribution < -0.4 is 4.90 Å². The van der Waals surface area contributed by atoms with E-state index in [4.69, 9.17) is 5.26 Å². The third kappa shape index (κ3) is 3.06. The first-order valence-corrected chi connectivity index (χ1v) is 6.82. The summed E-state index contributed by atoms with van der Waals surface area (Å²) in [5, 5.41) is 9.09. The lowest BCUT2D eigenvalue weighted by molar-refractivity contribution is -0.137. The minimum absolute atomic E-state index is 0.106. The Morgan fingerprint density at radius 1 is 1.30 bits per heavy atom. The molecule has 0 amide bonds. The smallest absolute Gasteiger partial charge is 0.370 e. The van der Waals surface area contributed by atoms with E-state index in [1.54, 1.807) is 0 Å². The molecule has 0 N–H and O–H groups in total. The van der Waals surface area contributed by atoms with Gasteiger partial charge in [0.1, 0.15) is 6.07 Å². The highest BCUT2D eigenvalue weighted by atomic mass is 19.4. The second-order valence-corrected chi connectivity index (χ2v) is 5.18. The van der Waals surface area contributed by atoms with Gasteiger partial charge in [-0.2, -0.15) is 18.4 Å². The molecular weight excluding hydrogens is 265 g/mol. The van der Waals surface area contributed by atoms with Crippen LogP contribution >= 0.6 is 0 Å². The average molecular weight is 282 g/mol. The summed E-state index contributed by atoms with van der Waals surface area (Å²) in [5.41, 5.74) is -0.0360. The van der Waals surface area contributed by atoms with Crippen molar-refractivity contribution in [3.63, 3.8) is 0 Å². The number of alkyl halides is 3. The Labute approximate surface area is 116 Å². The van der Waals surface area contributed by atoms with E-state index in [9.17, 15) is 13.2 Å². The molecule has 2 rings (SSSR count). The number of anilines is 1. The van der Waals surface area contributed by atoms with Gasteiger partial charge in [0.25, 0.3) is 0 Å². The standard InChI is InChI=1S/C15H17F3N2/c1-2-11-5-7-20(8-6-11)14-4-3-13(15(16,17)18)9-12(14)10-19/h3-4,9,11H,2,5-8H2,1H3. The van der Waals surface area contributed by atoms with Crippen molar-refractivity contribution in [3.05, 3.63) is 29.3 Å². The molecule has 1 fully saturated rings. The Balaban J connectivity index is 2.23. The van der Waals surface area contributed by atoms with Crippen LogP contribution in [-0.2, 0) is 6.18 Å². The summed E-state index contributed by atoms with van der Waals surface area (Å²) >= 11 is 0. The van der Waals surface area contributed by atoms with Gasteiger partial charge in [-0.25, -0.2) is 0 Å². The Morgan fingerprint density at radius 2 is 1.95 bits per heavy atom. The molecule has 0 spiro atoms. The summed E-state index contributed by atoms with van der Waals surface area (Å²) in [6.07, 6.45) is -1.21. The molecule has 1 aliphatic rings. The second-order valence-electron chi connectivity index (χ2n) is 5.18. The number of piperidine rings is 1. The van der Waals surface area contributed by atoms with E-state index in [-0.39, 0.29) is 5.56 Å². The van der Waals surface area contributed by atoms with Crippen LogP contribution in [0.15, 0.2) is 18.2 Å². The maximum Gasteiger partial charge on any atom is 0.416 e. The van der Waals surface area contributed by atoms with Crippen molar-refractivity contribution >= 4 is 5.69 Å². The largest absolute Gasteiger partial charge is 0.416 e. The molecule has 20 heavy (non-hydrogen) atoms. The van der Waals surface area contributed by atoms with Crippen LogP contribution in [0.2, 0.25) is 0 Å². The zero-order valence-corrected chi connectivity index (χ0v) is 11.4. The van der Waals surface area contributed by atoms with Gasteiger partial charge in [-0.3, -0.25) is 0 Å². The fourth-order valence-corrected chi connectivity index (χ4v) is 2.66. The van der Waals surface area contributed by atoms with Gasteiger partial charge in [0.05, 0.1) is 16.8 Å². The molecule has 2 nitrogen and oxygen atoms in total. The third-order valence-corrected chi connectivity index (χ3v) is 3.98. The molecule has 0 radical (unpaired) electrons. The first-order chi connectivity index (χ1) is 9.45. The van der Waals surface area contributed by atoms with E-state index >= 15 is 0 Å². The molecule has 1 saturated heterocycles. The molecule has 5 heteroatoms. The topological polar surface area (TPSA) is 27.0 Å². The van der Waals surface area contributed by atoms with E-state index in [1.807, 2.05) is 11.0 Å². The molecule has 1 aromatic carbocycles. The van der Waals surface area contributed by atoms with Crippen molar-refractivity contribution in [2.24, 2.45) is 5.92 Å². The summed E-state index contributed by atoms with van der Waals surface area (Å²) in [6, 6.07) is 5.32. The highest BCUT2D eigenvalue weighted by molar-refractivity contribution is 5.61.